The first-order valence-corrected chi connectivity index (χ1v) is 8.15. The van der Waals surface area contributed by atoms with Crippen LogP contribution >= 0.6 is 28.3 Å². The second kappa shape index (κ2) is 10.5. The van der Waals surface area contributed by atoms with Crippen molar-refractivity contribution < 1.29 is 14.3 Å². The molecule has 1 aromatic rings. The Morgan fingerprint density at radius 1 is 1.38 bits per heavy atom. The highest BCUT2D eigenvalue weighted by molar-refractivity contribution is 9.10. The fourth-order valence-corrected chi connectivity index (χ4v) is 2.34. The van der Waals surface area contributed by atoms with Gasteiger partial charge in [0.25, 0.3) is 0 Å². The van der Waals surface area contributed by atoms with Crippen LogP contribution in [-0.2, 0) is 16.1 Å². The smallest absolute Gasteiger partial charge is 0.242 e. The topological polar surface area (TPSA) is 84.7 Å². The number of rotatable bonds is 7. The lowest BCUT2D eigenvalue weighted by Crippen LogP contribution is -2.47. The van der Waals surface area contributed by atoms with E-state index in [1.54, 1.807) is 14.2 Å². The Bertz CT molecular complexity index is 569. The summed E-state index contributed by atoms with van der Waals surface area (Å²) in [5.41, 5.74) is 6.62. The van der Waals surface area contributed by atoms with Crippen molar-refractivity contribution >= 4 is 40.2 Å². The molecule has 0 heterocycles. The van der Waals surface area contributed by atoms with Gasteiger partial charge < -0.3 is 20.7 Å². The number of likely N-dealkylation sites (N-methyl/N-ethyl adjacent to an activating group) is 1. The number of methoxy groups -OCH3 is 1. The van der Waals surface area contributed by atoms with E-state index < -0.39 is 6.04 Å². The van der Waals surface area contributed by atoms with Crippen molar-refractivity contribution in [2.75, 3.05) is 20.7 Å². The SMILES string of the molecule is COc1ccc(Br)cc1CN(C)C(=O)CNC(=O)[C@@H](N)C(C)C.Cl. The number of nitrogens with zero attached hydrogens (tertiary/aromatic N) is 1. The van der Waals surface area contributed by atoms with Crippen LogP contribution in [0.3, 0.4) is 0 Å². The molecule has 0 radical (unpaired) electrons. The zero-order chi connectivity index (χ0) is 17.6. The molecule has 0 saturated carbocycles. The van der Waals surface area contributed by atoms with Gasteiger partial charge >= 0.3 is 0 Å². The third-order valence-corrected chi connectivity index (χ3v) is 4.00. The molecule has 1 atom stereocenters. The van der Waals surface area contributed by atoms with E-state index in [-0.39, 0.29) is 36.7 Å². The van der Waals surface area contributed by atoms with Crippen molar-refractivity contribution in [1.29, 1.82) is 0 Å². The average Bonchev–Trinajstić information content (AvgIpc) is 2.51. The number of hydrogen-bond donors (Lipinski definition) is 2. The summed E-state index contributed by atoms with van der Waals surface area (Å²) in [5.74, 6) is 0.214. The molecule has 0 spiro atoms. The van der Waals surface area contributed by atoms with Crippen LogP contribution in [0.4, 0.5) is 0 Å². The minimum Gasteiger partial charge on any atom is -0.496 e. The molecule has 0 aromatic heterocycles. The molecular formula is C16H25BrClN3O3. The standard InChI is InChI=1S/C16H24BrN3O3.ClH/c1-10(2)15(18)16(22)19-8-14(21)20(3)9-11-7-12(17)5-6-13(11)23-4;/h5-7,10,15H,8-9,18H2,1-4H3,(H,19,22);1H/t15-;/m0./s1. The van der Waals surface area contributed by atoms with Crippen LogP contribution in [0.5, 0.6) is 5.75 Å². The van der Waals surface area contributed by atoms with Gasteiger partial charge in [-0.3, -0.25) is 9.59 Å². The van der Waals surface area contributed by atoms with Crippen LogP contribution in [0, 0.1) is 5.92 Å². The number of hydrogen-bond acceptors (Lipinski definition) is 4. The minimum atomic E-state index is -0.613. The first-order valence-electron chi connectivity index (χ1n) is 7.36. The molecule has 0 fully saturated rings. The molecule has 0 unspecified atom stereocenters. The van der Waals surface area contributed by atoms with Crippen molar-refractivity contribution in [2.24, 2.45) is 11.7 Å². The van der Waals surface area contributed by atoms with E-state index in [0.717, 1.165) is 10.0 Å². The van der Waals surface area contributed by atoms with Crippen LogP contribution in [0.25, 0.3) is 0 Å². The molecular weight excluding hydrogens is 398 g/mol. The van der Waals surface area contributed by atoms with Gasteiger partial charge in [-0.25, -0.2) is 0 Å². The zero-order valence-corrected chi connectivity index (χ0v) is 16.7. The Labute approximate surface area is 157 Å². The maximum atomic E-state index is 12.1. The van der Waals surface area contributed by atoms with Crippen LogP contribution in [0.2, 0.25) is 0 Å². The molecule has 8 heteroatoms. The largest absolute Gasteiger partial charge is 0.496 e. The lowest BCUT2D eigenvalue weighted by molar-refractivity contribution is -0.132. The van der Waals surface area contributed by atoms with E-state index in [4.69, 9.17) is 10.5 Å². The summed E-state index contributed by atoms with van der Waals surface area (Å²) >= 11 is 3.40. The maximum Gasteiger partial charge on any atom is 0.242 e. The van der Waals surface area contributed by atoms with E-state index in [1.165, 1.54) is 4.90 Å². The highest BCUT2D eigenvalue weighted by Gasteiger charge is 2.19. The summed E-state index contributed by atoms with van der Waals surface area (Å²) in [4.78, 5) is 25.5. The van der Waals surface area contributed by atoms with E-state index >= 15 is 0 Å². The number of amides is 2. The third-order valence-electron chi connectivity index (χ3n) is 3.51. The zero-order valence-electron chi connectivity index (χ0n) is 14.3. The number of ether oxygens (including phenoxy) is 1. The quantitative estimate of drug-likeness (QED) is 0.703. The van der Waals surface area contributed by atoms with Gasteiger partial charge in [-0.2, -0.15) is 0 Å². The fraction of sp³-hybridized carbons (Fsp3) is 0.500. The Morgan fingerprint density at radius 2 is 2.00 bits per heavy atom. The van der Waals surface area contributed by atoms with Gasteiger partial charge in [0.1, 0.15) is 5.75 Å². The normalized spacial score (nSPS) is 11.5. The summed E-state index contributed by atoms with van der Waals surface area (Å²) in [6.45, 7) is 4.02. The Kier molecular flexibility index (Phi) is 9.96. The lowest BCUT2D eigenvalue weighted by atomic mass is 10.1. The lowest BCUT2D eigenvalue weighted by Gasteiger charge is -2.20. The fourth-order valence-electron chi connectivity index (χ4n) is 1.93. The van der Waals surface area contributed by atoms with Crippen molar-refractivity contribution in [3.05, 3.63) is 28.2 Å². The van der Waals surface area contributed by atoms with Crippen LogP contribution in [0.15, 0.2) is 22.7 Å². The van der Waals surface area contributed by atoms with Crippen molar-refractivity contribution in [1.82, 2.24) is 10.2 Å². The molecule has 0 bridgehead atoms. The summed E-state index contributed by atoms with van der Waals surface area (Å²) in [5, 5.41) is 2.57. The molecule has 1 aromatic carbocycles. The van der Waals surface area contributed by atoms with Crippen LogP contribution < -0.4 is 15.8 Å². The maximum absolute atomic E-state index is 12.1. The molecule has 3 N–H and O–H groups in total. The van der Waals surface area contributed by atoms with Gasteiger partial charge in [0, 0.05) is 23.6 Å². The predicted octanol–water partition coefficient (Wildman–Crippen LogP) is 1.94. The molecule has 6 nitrogen and oxygen atoms in total. The number of nitrogens with two attached hydrogens (primary N) is 1. The van der Waals surface area contributed by atoms with Gasteiger partial charge in [-0.05, 0) is 24.1 Å². The molecule has 0 aliphatic carbocycles. The van der Waals surface area contributed by atoms with Gasteiger partial charge in [0.05, 0.1) is 19.7 Å². The van der Waals surface area contributed by atoms with Crippen LogP contribution in [-0.4, -0.2) is 43.5 Å². The molecule has 2 amide bonds. The molecule has 24 heavy (non-hydrogen) atoms. The molecule has 0 aliphatic rings. The number of nitrogens with one attached hydrogen (secondary N) is 1. The Morgan fingerprint density at radius 3 is 2.54 bits per heavy atom. The summed E-state index contributed by atoms with van der Waals surface area (Å²) in [6, 6.07) is 4.99. The number of carbonyl (C=O) groups is 2. The second-order valence-corrected chi connectivity index (χ2v) is 6.61. The van der Waals surface area contributed by atoms with E-state index in [0.29, 0.717) is 12.3 Å². The Hall–Kier alpha value is -1.31. The average molecular weight is 423 g/mol. The first kappa shape index (κ1) is 22.7. The summed E-state index contributed by atoms with van der Waals surface area (Å²) in [7, 11) is 3.26. The van der Waals surface area contributed by atoms with Crippen LogP contribution in [0.1, 0.15) is 19.4 Å². The van der Waals surface area contributed by atoms with Crippen molar-refractivity contribution in [3.8, 4) is 5.75 Å². The highest BCUT2D eigenvalue weighted by Crippen LogP contribution is 2.24. The number of benzene rings is 1. The number of halogens is 2. The van der Waals surface area contributed by atoms with E-state index in [2.05, 4.69) is 21.2 Å². The highest BCUT2D eigenvalue weighted by atomic mass is 79.9. The monoisotopic (exact) mass is 421 g/mol. The summed E-state index contributed by atoms with van der Waals surface area (Å²) < 4.78 is 6.20. The van der Waals surface area contributed by atoms with Gasteiger partial charge in [0.2, 0.25) is 11.8 Å². The number of carbonyl (C=O) groups excluding carboxylic acids is 2. The summed E-state index contributed by atoms with van der Waals surface area (Å²) in [6.07, 6.45) is 0. The van der Waals surface area contributed by atoms with E-state index in [9.17, 15) is 9.59 Å². The molecule has 136 valence electrons. The second-order valence-electron chi connectivity index (χ2n) is 5.69. The molecule has 0 aliphatic heterocycles. The third kappa shape index (κ3) is 6.67. The van der Waals surface area contributed by atoms with Crippen molar-refractivity contribution in [2.45, 2.75) is 26.4 Å². The first-order chi connectivity index (χ1) is 10.8. The van der Waals surface area contributed by atoms with Gasteiger partial charge in [0.15, 0.2) is 0 Å². The van der Waals surface area contributed by atoms with Gasteiger partial charge in [-0.15, -0.1) is 12.4 Å². The van der Waals surface area contributed by atoms with Crippen molar-refractivity contribution in [3.63, 3.8) is 0 Å². The molecule has 1 rings (SSSR count). The minimum absolute atomic E-state index is 0. The Balaban J connectivity index is 0.00000529. The molecule has 0 saturated heterocycles. The predicted molar refractivity (Wildman–Crippen MR) is 100 cm³/mol. The van der Waals surface area contributed by atoms with E-state index in [1.807, 2.05) is 32.0 Å². The van der Waals surface area contributed by atoms with Gasteiger partial charge in [-0.1, -0.05) is 29.8 Å².